The molecule has 2 aromatic carbocycles. The van der Waals surface area contributed by atoms with Crippen molar-refractivity contribution < 1.29 is 0 Å². The molecular formula is C15H10Cl2N2O. The monoisotopic (exact) mass is 304 g/mol. The van der Waals surface area contributed by atoms with Gasteiger partial charge in [-0.3, -0.25) is 4.79 Å². The molecule has 0 aliphatic heterocycles. The molecular weight excluding hydrogens is 295 g/mol. The predicted octanol–water partition coefficient (Wildman–Crippen LogP) is 3.75. The number of fused-ring (bicyclic) bond motifs is 1. The molecule has 0 fully saturated rings. The Balaban J connectivity index is 2.07. The van der Waals surface area contributed by atoms with Gasteiger partial charge in [-0.15, -0.1) is 0 Å². The summed E-state index contributed by atoms with van der Waals surface area (Å²) in [6.45, 7) is 0.319. The van der Waals surface area contributed by atoms with Crippen molar-refractivity contribution in [3.05, 3.63) is 74.6 Å². The Morgan fingerprint density at radius 3 is 2.70 bits per heavy atom. The Bertz CT molecular complexity index is 843. The summed E-state index contributed by atoms with van der Waals surface area (Å²) in [6, 6.07) is 12.6. The van der Waals surface area contributed by atoms with Crippen molar-refractivity contribution in [2.45, 2.75) is 6.54 Å². The summed E-state index contributed by atoms with van der Waals surface area (Å²) >= 11 is 12.0. The van der Waals surface area contributed by atoms with Gasteiger partial charge >= 0.3 is 0 Å². The van der Waals surface area contributed by atoms with Crippen LogP contribution in [0, 0.1) is 0 Å². The quantitative estimate of drug-likeness (QED) is 0.722. The van der Waals surface area contributed by atoms with Crippen LogP contribution < -0.4 is 5.56 Å². The van der Waals surface area contributed by atoms with Crippen molar-refractivity contribution in [3.63, 3.8) is 0 Å². The van der Waals surface area contributed by atoms with Crippen molar-refractivity contribution in [3.8, 4) is 0 Å². The van der Waals surface area contributed by atoms with E-state index < -0.39 is 0 Å². The van der Waals surface area contributed by atoms with E-state index in [0.717, 1.165) is 10.9 Å². The molecule has 0 unspecified atom stereocenters. The van der Waals surface area contributed by atoms with Crippen molar-refractivity contribution in [1.82, 2.24) is 9.78 Å². The molecule has 3 aromatic rings. The second kappa shape index (κ2) is 5.27. The summed E-state index contributed by atoms with van der Waals surface area (Å²) in [5.41, 5.74) is 0.676. The summed E-state index contributed by atoms with van der Waals surface area (Å²) in [7, 11) is 0. The highest BCUT2D eigenvalue weighted by molar-refractivity contribution is 6.35. The molecule has 0 N–H and O–H groups in total. The minimum absolute atomic E-state index is 0.130. The van der Waals surface area contributed by atoms with Crippen molar-refractivity contribution in [2.75, 3.05) is 0 Å². The van der Waals surface area contributed by atoms with Crippen LogP contribution in [0.2, 0.25) is 10.0 Å². The highest BCUT2D eigenvalue weighted by atomic mass is 35.5. The molecule has 0 saturated heterocycles. The lowest BCUT2D eigenvalue weighted by Crippen LogP contribution is -2.23. The fraction of sp³-hybridized carbons (Fsp3) is 0.0667. The molecule has 0 amide bonds. The lowest BCUT2D eigenvalue weighted by molar-refractivity contribution is 0.647. The van der Waals surface area contributed by atoms with Crippen LogP contribution in [0.1, 0.15) is 5.56 Å². The molecule has 0 spiro atoms. The van der Waals surface area contributed by atoms with Gasteiger partial charge in [0.15, 0.2) is 0 Å². The molecule has 0 saturated carbocycles. The van der Waals surface area contributed by atoms with Gasteiger partial charge in [-0.1, -0.05) is 47.5 Å². The highest BCUT2D eigenvalue weighted by Crippen LogP contribution is 2.21. The first-order valence-corrected chi connectivity index (χ1v) is 6.79. The Kier molecular flexibility index (Phi) is 3.47. The Morgan fingerprint density at radius 2 is 1.90 bits per heavy atom. The molecule has 0 atom stereocenters. The van der Waals surface area contributed by atoms with Crippen LogP contribution in [0.25, 0.3) is 10.8 Å². The van der Waals surface area contributed by atoms with Crippen LogP contribution >= 0.6 is 23.2 Å². The smallest absolute Gasteiger partial charge is 0.267 e. The molecule has 0 bridgehead atoms. The summed E-state index contributed by atoms with van der Waals surface area (Å²) in [5.74, 6) is 0. The van der Waals surface area contributed by atoms with Crippen LogP contribution in [0.5, 0.6) is 0 Å². The summed E-state index contributed by atoms with van der Waals surface area (Å²) < 4.78 is 1.40. The fourth-order valence-corrected chi connectivity index (χ4v) is 2.52. The van der Waals surface area contributed by atoms with Crippen molar-refractivity contribution in [2.24, 2.45) is 0 Å². The first-order valence-electron chi connectivity index (χ1n) is 6.04. The average molecular weight is 305 g/mol. The Labute approximate surface area is 125 Å². The van der Waals surface area contributed by atoms with Gasteiger partial charge in [-0.2, -0.15) is 5.10 Å². The van der Waals surface area contributed by atoms with Gasteiger partial charge in [0.2, 0.25) is 0 Å². The number of nitrogens with zero attached hydrogens (tertiary/aromatic N) is 2. The maximum atomic E-state index is 12.3. The highest BCUT2D eigenvalue weighted by Gasteiger charge is 2.07. The van der Waals surface area contributed by atoms with E-state index in [9.17, 15) is 4.79 Å². The third-order valence-corrected chi connectivity index (χ3v) is 3.68. The number of benzene rings is 2. The van der Waals surface area contributed by atoms with E-state index in [2.05, 4.69) is 5.10 Å². The molecule has 0 aliphatic rings. The Hall–Kier alpha value is -1.84. The molecule has 0 radical (unpaired) electrons. The maximum Gasteiger partial charge on any atom is 0.274 e. The van der Waals surface area contributed by atoms with E-state index in [1.54, 1.807) is 30.5 Å². The largest absolute Gasteiger partial charge is 0.274 e. The fourth-order valence-electron chi connectivity index (χ4n) is 2.05. The van der Waals surface area contributed by atoms with Crippen LogP contribution in [-0.2, 0) is 6.54 Å². The molecule has 100 valence electrons. The van der Waals surface area contributed by atoms with Gasteiger partial charge in [0.05, 0.1) is 18.1 Å². The summed E-state index contributed by atoms with van der Waals surface area (Å²) in [5, 5.41) is 6.75. The normalized spacial score (nSPS) is 10.9. The van der Waals surface area contributed by atoms with E-state index >= 15 is 0 Å². The zero-order chi connectivity index (χ0) is 14.1. The first-order chi connectivity index (χ1) is 9.65. The second-order valence-corrected chi connectivity index (χ2v) is 5.27. The van der Waals surface area contributed by atoms with E-state index in [0.29, 0.717) is 22.0 Å². The number of halogens is 2. The predicted molar refractivity (Wildman–Crippen MR) is 81.6 cm³/mol. The number of aromatic nitrogens is 2. The van der Waals surface area contributed by atoms with Crippen molar-refractivity contribution in [1.29, 1.82) is 0 Å². The zero-order valence-electron chi connectivity index (χ0n) is 10.4. The summed E-state index contributed by atoms with van der Waals surface area (Å²) in [4.78, 5) is 12.3. The van der Waals surface area contributed by atoms with E-state index in [1.165, 1.54) is 4.68 Å². The zero-order valence-corrected chi connectivity index (χ0v) is 11.9. The maximum absolute atomic E-state index is 12.3. The standard InChI is InChI=1S/C15H10Cl2N2O/c16-12-6-5-11(14(17)7-12)9-19-15(20)13-4-2-1-3-10(13)8-18-19/h1-8H,9H2. The van der Waals surface area contributed by atoms with Crippen molar-refractivity contribution >= 4 is 34.0 Å². The molecule has 20 heavy (non-hydrogen) atoms. The number of rotatable bonds is 2. The second-order valence-electron chi connectivity index (χ2n) is 4.43. The van der Waals surface area contributed by atoms with Gasteiger partial charge in [0.25, 0.3) is 5.56 Å². The molecule has 5 heteroatoms. The SMILES string of the molecule is O=c1c2ccccc2cnn1Cc1ccc(Cl)cc1Cl. The van der Waals surface area contributed by atoms with Crippen LogP contribution in [-0.4, -0.2) is 9.78 Å². The molecule has 1 heterocycles. The summed E-state index contributed by atoms with van der Waals surface area (Å²) in [6.07, 6.45) is 1.68. The minimum atomic E-state index is -0.130. The first kappa shape index (κ1) is 13.2. The molecule has 3 rings (SSSR count). The van der Waals surface area contributed by atoms with Gasteiger partial charge in [-0.25, -0.2) is 4.68 Å². The third kappa shape index (κ3) is 2.42. The van der Waals surface area contributed by atoms with Gasteiger partial charge < -0.3 is 0 Å². The molecule has 3 nitrogen and oxygen atoms in total. The van der Waals surface area contributed by atoms with Gasteiger partial charge in [0, 0.05) is 15.4 Å². The molecule has 0 aliphatic carbocycles. The molecule has 1 aromatic heterocycles. The number of hydrogen-bond acceptors (Lipinski definition) is 2. The lowest BCUT2D eigenvalue weighted by atomic mass is 10.2. The van der Waals surface area contributed by atoms with E-state index in [1.807, 2.05) is 18.2 Å². The average Bonchev–Trinajstić information content (AvgIpc) is 2.45. The lowest BCUT2D eigenvalue weighted by Gasteiger charge is -2.08. The van der Waals surface area contributed by atoms with Crippen LogP contribution in [0.4, 0.5) is 0 Å². The number of hydrogen-bond donors (Lipinski definition) is 0. The topological polar surface area (TPSA) is 34.9 Å². The van der Waals surface area contributed by atoms with Gasteiger partial charge in [0.1, 0.15) is 0 Å². The van der Waals surface area contributed by atoms with Crippen LogP contribution in [0.15, 0.2) is 53.5 Å². The third-order valence-electron chi connectivity index (χ3n) is 3.10. The van der Waals surface area contributed by atoms with E-state index in [4.69, 9.17) is 23.2 Å². The minimum Gasteiger partial charge on any atom is -0.267 e. The van der Waals surface area contributed by atoms with Gasteiger partial charge in [-0.05, 0) is 23.8 Å². The van der Waals surface area contributed by atoms with E-state index in [-0.39, 0.29) is 5.56 Å². The van der Waals surface area contributed by atoms with Crippen LogP contribution in [0.3, 0.4) is 0 Å². The Morgan fingerprint density at radius 1 is 1.10 bits per heavy atom.